The number of nitrogens with zero attached hydrogens (tertiary/aromatic N) is 1. The number of carbonyl (C=O) groups is 1. The van der Waals surface area contributed by atoms with Gasteiger partial charge in [0.05, 0.1) is 0 Å². The first kappa shape index (κ1) is 12.0. The fourth-order valence-corrected chi connectivity index (χ4v) is 2.91. The number of hydrogen-bond donors (Lipinski definition) is 0. The molecule has 0 aliphatic carbocycles. The van der Waals surface area contributed by atoms with Crippen molar-refractivity contribution >= 4 is 21.8 Å². The van der Waals surface area contributed by atoms with E-state index in [1.165, 1.54) is 0 Å². The summed E-state index contributed by atoms with van der Waals surface area (Å²) in [7, 11) is 0. The second-order valence-corrected chi connectivity index (χ2v) is 5.88. The molecule has 0 aromatic carbocycles. The fraction of sp³-hybridized carbons (Fsp3) is 0.909. The third-order valence-electron chi connectivity index (χ3n) is 2.94. The monoisotopic (exact) mass is 261 g/mol. The van der Waals surface area contributed by atoms with Gasteiger partial charge in [0, 0.05) is 23.3 Å². The van der Waals surface area contributed by atoms with Gasteiger partial charge in [-0.15, -0.1) is 0 Å². The molecule has 0 aromatic heterocycles. The van der Waals surface area contributed by atoms with E-state index in [0.29, 0.717) is 12.0 Å². The van der Waals surface area contributed by atoms with Crippen molar-refractivity contribution in [2.24, 2.45) is 11.3 Å². The Morgan fingerprint density at radius 3 is 2.50 bits per heavy atom. The average molecular weight is 262 g/mol. The lowest BCUT2D eigenvalue weighted by atomic mass is 9.94. The summed E-state index contributed by atoms with van der Waals surface area (Å²) in [4.78, 5) is 14.1. The van der Waals surface area contributed by atoms with Crippen molar-refractivity contribution < 1.29 is 4.79 Å². The molecule has 0 N–H and O–H groups in total. The van der Waals surface area contributed by atoms with Gasteiger partial charge < -0.3 is 4.90 Å². The van der Waals surface area contributed by atoms with E-state index in [1.807, 2.05) is 25.7 Å². The van der Waals surface area contributed by atoms with Gasteiger partial charge >= 0.3 is 0 Å². The van der Waals surface area contributed by atoms with E-state index in [9.17, 15) is 4.79 Å². The lowest BCUT2D eigenvalue weighted by Gasteiger charge is -2.31. The molecule has 1 heterocycles. The molecule has 2 nitrogen and oxygen atoms in total. The molecule has 0 radical (unpaired) electrons. The van der Waals surface area contributed by atoms with Gasteiger partial charge in [-0.3, -0.25) is 4.79 Å². The van der Waals surface area contributed by atoms with Gasteiger partial charge in [-0.1, -0.05) is 43.6 Å². The highest BCUT2D eigenvalue weighted by Gasteiger charge is 2.37. The zero-order chi connectivity index (χ0) is 10.9. The second-order valence-electron chi connectivity index (χ2n) is 5.24. The molecule has 1 rings (SSSR count). The quantitative estimate of drug-likeness (QED) is 0.665. The van der Waals surface area contributed by atoms with E-state index in [2.05, 4.69) is 22.9 Å². The Kier molecular flexibility index (Phi) is 3.62. The summed E-state index contributed by atoms with van der Waals surface area (Å²) in [5.74, 6) is 0.909. The van der Waals surface area contributed by atoms with Crippen LogP contribution in [-0.4, -0.2) is 28.7 Å². The molecule has 1 aliphatic heterocycles. The van der Waals surface area contributed by atoms with Crippen molar-refractivity contribution in [3.63, 3.8) is 0 Å². The van der Waals surface area contributed by atoms with Crippen molar-refractivity contribution in [3.05, 3.63) is 0 Å². The summed E-state index contributed by atoms with van der Waals surface area (Å²) in [6, 6.07) is 0.390. The topological polar surface area (TPSA) is 20.3 Å². The molecule has 0 spiro atoms. The first-order valence-corrected chi connectivity index (χ1v) is 6.37. The van der Waals surface area contributed by atoms with Crippen molar-refractivity contribution in [2.75, 3.05) is 11.9 Å². The standard InChI is InChI=1S/C11H20BrNO/c1-8-5-6-13(9(8)7-12)10(14)11(2,3)4/h8-9H,5-7H2,1-4H3. The molecule has 82 valence electrons. The van der Waals surface area contributed by atoms with Gasteiger partial charge in [-0.2, -0.15) is 0 Å². The van der Waals surface area contributed by atoms with E-state index in [1.54, 1.807) is 0 Å². The molecule has 0 bridgehead atoms. The van der Waals surface area contributed by atoms with Crippen LogP contribution in [0.5, 0.6) is 0 Å². The van der Waals surface area contributed by atoms with Crippen LogP contribution in [-0.2, 0) is 4.79 Å². The van der Waals surface area contributed by atoms with Gasteiger partial charge in [-0.25, -0.2) is 0 Å². The number of carbonyl (C=O) groups excluding carboxylic acids is 1. The maximum absolute atomic E-state index is 12.1. The Labute approximate surface area is 95.2 Å². The van der Waals surface area contributed by atoms with E-state index in [0.717, 1.165) is 18.3 Å². The van der Waals surface area contributed by atoms with Crippen LogP contribution in [0.1, 0.15) is 34.1 Å². The zero-order valence-electron chi connectivity index (χ0n) is 9.51. The third-order valence-corrected chi connectivity index (χ3v) is 3.61. The number of rotatable bonds is 1. The molecule has 1 amide bonds. The molecule has 3 heteroatoms. The Morgan fingerprint density at radius 1 is 1.50 bits per heavy atom. The minimum Gasteiger partial charge on any atom is -0.338 e. The maximum atomic E-state index is 12.1. The lowest BCUT2D eigenvalue weighted by molar-refractivity contribution is -0.140. The molecular formula is C11H20BrNO. The molecule has 1 aliphatic rings. The van der Waals surface area contributed by atoms with E-state index in [-0.39, 0.29) is 11.3 Å². The molecule has 2 atom stereocenters. The first-order chi connectivity index (χ1) is 6.38. The van der Waals surface area contributed by atoms with Crippen molar-refractivity contribution in [1.82, 2.24) is 4.90 Å². The van der Waals surface area contributed by atoms with Crippen LogP contribution >= 0.6 is 15.9 Å². The summed E-state index contributed by atoms with van der Waals surface area (Å²) in [6.07, 6.45) is 1.14. The molecule has 0 aromatic rings. The Bertz CT molecular complexity index is 222. The minimum atomic E-state index is -0.246. The zero-order valence-corrected chi connectivity index (χ0v) is 11.1. The molecule has 2 unspecified atom stereocenters. The number of halogens is 1. The summed E-state index contributed by atoms with van der Waals surface area (Å²) < 4.78 is 0. The van der Waals surface area contributed by atoms with Crippen LogP contribution in [0.15, 0.2) is 0 Å². The highest BCUT2D eigenvalue weighted by atomic mass is 79.9. The number of amides is 1. The predicted octanol–water partition coefficient (Wildman–Crippen LogP) is 2.66. The molecule has 0 saturated carbocycles. The highest BCUT2D eigenvalue weighted by Crippen LogP contribution is 2.29. The van der Waals surface area contributed by atoms with Crippen molar-refractivity contribution in [3.8, 4) is 0 Å². The Hall–Kier alpha value is -0.0500. The summed E-state index contributed by atoms with van der Waals surface area (Å²) in [5, 5.41) is 0.899. The maximum Gasteiger partial charge on any atom is 0.228 e. The number of hydrogen-bond acceptors (Lipinski definition) is 1. The van der Waals surface area contributed by atoms with Crippen molar-refractivity contribution in [2.45, 2.75) is 40.2 Å². The second kappa shape index (κ2) is 4.21. The van der Waals surface area contributed by atoms with Gasteiger partial charge in [0.1, 0.15) is 0 Å². The van der Waals surface area contributed by atoms with E-state index < -0.39 is 0 Å². The third kappa shape index (κ3) is 2.30. The lowest BCUT2D eigenvalue weighted by Crippen LogP contribution is -2.44. The van der Waals surface area contributed by atoms with Gasteiger partial charge in [0.2, 0.25) is 5.91 Å². The number of likely N-dealkylation sites (tertiary alicyclic amines) is 1. The largest absolute Gasteiger partial charge is 0.338 e. The smallest absolute Gasteiger partial charge is 0.228 e. The molecule has 1 saturated heterocycles. The molecule has 1 fully saturated rings. The van der Waals surface area contributed by atoms with Crippen LogP contribution in [0.2, 0.25) is 0 Å². The van der Waals surface area contributed by atoms with Gasteiger partial charge in [0.25, 0.3) is 0 Å². The fourth-order valence-electron chi connectivity index (χ4n) is 1.93. The Morgan fingerprint density at radius 2 is 2.07 bits per heavy atom. The Balaban J connectivity index is 2.74. The summed E-state index contributed by atoms with van der Waals surface area (Å²) in [6.45, 7) is 9.12. The van der Waals surface area contributed by atoms with Gasteiger partial charge in [-0.05, 0) is 12.3 Å². The molecular weight excluding hydrogens is 242 g/mol. The van der Waals surface area contributed by atoms with E-state index >= 15 is 0 Å². The van der Waals surface area contributed by atoms with Gasteiger partial charge in [0.15, 0.2) is 0 Å². The van der Waals surface area contributed by atoms with Crippen molar-refractivity contribution in [1.29, 1.82) is 0 Å². The highest BCUT2D eigenvalue weighted by molar-refractivity contribution is 9.09. The van der Waals surface area contributed by atoms with Crippen LogP contribution in [0.3, 0.4) is 0 Å². The van der Waals surface area contributed by atoms with E-state index in [4.69, 9.17) is 0 Å². The summed E-state index contributed by atoms with van der Waals surface area (Å²) in [5.41, 5.74) is -0.246. The molecule has 14 heavy (non-hydrogen) atoms. The van der Waals surface area contributed by atoms with Crippen LogP contribution < -0.4 is 0 Å². The average Bonchev–Trinajstić information content (AvgIpc) is 2.43. The first-order valence-electron chi connectivity index (χ1n) is 5.25. The SMILES string of the molecule is CC1CCN(C(=O)C(C)(C)C)C1CBr. The predicted molar refractivity (Wildman–Crippen MR) is 62.5 cm³/mol. The minimum absolute atomic E-state index is 0.246. The van der Waals surface area contributed by atoms with Crippen LogP contribution in [0.4, 0.5) is 0 Å². The summed E-state index contributed by atoms with van der Waals surface area (Å²) >= 11 is 3.50. The normalized spacial score (nSPS) is 28.2. The number of alkyl halides is 1. The van der Waals surface area contributed by atoms with Crippen LogP contribution in [0.25, 0.3) is 0 Å². The van der Waals surface area contributed by atoms with Crippen LogP contribution in [0, 0.1) is 11.3 Å².